The summed E-state index contributed by atoms with van der Waals surface area (Å²) >= 11 is 0. The highest BCUT2D eigenvalue weighted by Gasteiger charge is 2.23. The van der Waals surface area contributed by atoms with E-state index in [1.807, 2.05) is 24.5 Å². The molecule has 146 valence electrons. The Balaban J connectivity index is 2.13. The number of fused-ring (bicyclic) bond motifs is 1. The lowest BCUT2D eigenvalue weighted by Crippen LogP contribution is -2.29. The van der Waals surface area contributed by atoms with E-state index in [4.69, 9.17) is 0 Å². The van der Waals surface area contributed by atoms with E-state index in [0.717, 1.165) is 43.3 Å². The van der Waals surface area contributed by atoms with E-state index >= 15 is 0 Å². The summed E-state index contributed by atoms with van der Waals surface area (Å²) in [6, 6.07) is 2.06. The summed E-state index contributed by atoms with van der Waals surface area (Å²) in [5, 5.41) is 4.06. The Morgan fingerprint density at radius 1 is 1.30 bits per heavy atom. The predicted molar refractivity (Wildman–Crippen MR) is 107 cm³/mol. The molecular formula is C20H29N5O2. The zero-order valence-corrected chi connectivity index (χ0v) is 16.7. The lowest BCUT2D eigenvalue weighted by Gasteiger charge is -2.19. The first-order valence-corrected chi connectivity index (χ1v) is 9.79. The monoisotopic (exact) mass is 371 g/mol. The van der Waals surface area contributed by atoms with E-state index in [-0.39, 0.29) is 17.5 Å². The highest BCUT2D eigenvalue weighted by Crippen LogP contribution is 2.31. The maximum absolute atomic E-state index is 13.3. The van der Waals surface area contributed by atoms with Crippen LogP contribution in [0.4, 0.5) is 5.95 Å². The van der Waals surface area contributed by atoms with E-state index in [0.29, 0.717) is 30.0 Å². The molecule has 1 amide bonds. The van der Waals surface area contributed by atoms with Gasteiger partial charge in [-0.15, -0.1) is 0 Å². The third kappa shape index (κ3) is 3.96. The lowest BCUT2D eigenvalue weighted by molar-refractivity contribution is -0.128. The van der Waals surface area contributed by atoms with Gasteiger partial charge in [0.2, 0.25) is 11.9 Å². The smallest absolute Gasteiger partial charge is 0.255 e. The second-order valence-electron chi connectivity index (χ2n) is 7.47. The van der Waals surface area contributed by atoms with Crippen LogP contribution < -0.4 is 10.9 Å². The molecular weight excluding hydrogens is 342 g/mol. The molecule has 3 rings (SSSR count). The quantitative estimate of drug-likeness (QED) is 0.844. The molecule has 1 aliphatic rings. The van der Waals surface area contributed by atoms with Crippen molar-refractivity contribution in [2.45, 2.75) is 58.4 Å². The van der Waals surface area contributed by atoms with Gasteiger partial charge in [0.15, 0.2) is 0 Å². The van der Waals surface area contributed by atoms with Gasteiger partial charge in [0.05, 0.1) is 5.69 Å². The number of hydrogen-bond donors (Lipinski definition) is 1. The Morgan fingerprint density at radius 2 is 2.00 bits per heavy atom. The maximum atomic E-state index is 13.3. The van der Waals surface area contributed by atoms with Crippen molar-refractivity contribution in [3.05, 3.63) is 27.7 Å². The molecule has 1 saturated carbocycles. The zero-order valence-electron chi connectivity index (χ0n) is 16.7. The highest BCUT2D eigenvalue weighted by atomic mass is 16.2. The van der Waals surface area contributed by atoms with Crippen LogP contribution in [0, 0.1) is 6.92 Å². The van der Waals surface area contributed by atoms with Crippen LogP contribution in [0.15, 0.2) is 10.9 Å². The largest absolute Gasteiger partial charge is 0.354 e. The Labute approximate surface area is 159 Å². The molecule has 2 aromatic heterocycles. The normalized spacial score (nSPS) is 14.7. The van der Waals surface area contributed by atoms with Gasteiger partial charge in [-0.05, 0) is 39.2 Å². The number of amides is 1. The maximum Gasteiger partial charge on any atom is 0.255 e. The van der Waals surface area contributed by atoms with E-state index in [1.165, 1.54) is 0 Å². The highest BCUT2D eigenvalue weighted by molar-refractivity contribution is 5.80. The van der Waals surface area contributed by atoms with Crippen molar-refractivity contribution in [2.24, 2.45) is 0 Å². The molecule has 0 radical (unpaired) electrons. The lowest BCUT2D eigenvalue weighted by atomic mass is 10.1. The molecule has 0 aliphatic heterocycles. The fraction of sp³-hybridized carbons (Fsp3) is 0.600. The number of pyridine rings is 1. The minimum atomic E-state index is -0.0125. The molecule has 0 aromatic carbocycles. The number of carbonyl (C=O) groups excluding carboxylic acids is 1. The van der Waals surface area contributed by atoms with Crippen molar-refractivity contribution < 1.29 is 4.79 Å². The third-order valence-corrected chi connectivity index (χ3v) is 5.29. The molecule has 0 saturated heterocycles. The summed E-state index contributed by atoms with van der Waals surface area (Å²) in [4.78, 5) is 36.1. The summed E-state index contributed by atoms with van der Waals surface area (Å²) in [5.74, 6) is 0.585. The van der Waals surface area contributed by atoms with Crippen molar-refractivity contribution >= 4 is 22.9 Å². The topological polar surface area (TPSA) is 80.1 Å². The number of anilines is 1. The van der Waals surface area contributed by atoms with Crippen LogP contribution in [0.25, 0.3) is 11.0 Å². The van der Waals surface area contributed by atoms with Gasteiger partial charge in [-0.1, -0.05) is 12.8 Å². The molecule has 0 atom stereocenters. The van der Waals surface area contributed by atoms with Crippen molar-refractivity contribution in [3.8, 4) is 0 Å². The minimum absolute atomic E-state index is 0.0125. The second-order valence-corrected chi connectivity index (χ2v) is 7.47. The van der Waals surface area contributed by atoms with Crippen molar-refractivity contribution in [3.63, 3.8) is 0 Å². The third-order valence-electron chi connectivity index (χ3n) is 5.29. The summed E-state index contributed by atoms with van der Waals surface area (Å²) in [7, 11) is 3.47. The summed E-state index contributed by atoms with van der Waals surface area (Å²) in [6.45, 7) is 4.67. The van der Waals surface area contributed by atoms with Crippen molar-refractivity contribution in [1.82, 2.24) is 19.4 Å². The number of nitrogens with one attached hydrogen (secondary N) is 1. The standard InChI is InChI=1S/C20H29N5O2/c1-5-21-20-22-13(2)16-12-14(10-11-17(26)24(3)4)19(27)25(18(16)23-20)15-8-6-7-9-15/h12,15H,5-11H2,1-4H3,(H,21,22,23). The van der Waals surface area contributed by atoms with Crippen LogP contribution in [0.3, 0.4) is 0 Å². The van der Waals surface area contributed by atoms with Crippen LogP contribution in [-0.4, -0.2) is 46.0 Å². The molecule has 2 aromatic rings. The molecule has 1 aliphatic carbocycles. The number of rotatable bonds is 6. The molecule has 0 unspecified atom stereocenters. The van der Waals surface area contributed by atoms with E-state index in [2.05, 4.69) is 15.3 Å². The molecule has 2 heterocycles. The van der Waals surface area contributed by atoms with Gasteiger partial charge in [-0.3, -0.25) is 14.2 Å². The Bertz CT molecular complexity index is 897. The fourth-order valence-corrected chi connectivity index (χ4v) is 3.79. The van der Waals surface area contributed by atoms with Gasteiger partial charge in [0, 0.05) is 44.1 Å². The SMILES string of the molecule is CCNc1nc(C)c2cc(CCC(=O)N(C)C)c(=O)n(C3CCCC3)c2n1. The summed E-state index contributed by atoms with van der Waals surface area (Å²) in [6.07, 6.45) is 5.02. The molecule has 27 heavy (non-hydrogen) atoms. The molecule has 0 bridgehead atoms. The van der Waals surface area contributed by atoms with Crippen LogP contribution >= 0.6 is 0 Å². The Kier molecular flexibility index (Phi) is 5.77. The van der Waals surface area contributed by atoms with Crippen LogP contribution in [0.2, 0.25) is 0 Å². The van der Waals surface area contributed by atoms with Gasteiger partial charge in [0.1, 0.15) is 5.65 Å². The van der Waals surface area contributed by atoms with E-state index in [1.54, 1.807) is 19.0 Å². The van der Waals surface area contributed by atoms with Gasteiger partial charge < -0.3 is 10.2 Å². The molecule has 1 fully saturated rings. The van der Waals surface area contributed by atoms with Crippen molar-refractivity contribution in [1.29, 1.82) is 0 Å². The van der Waals surface area contributed by atoms with Crippen LogP contribution in [0.5, 0.6) is 0 Å². The van der Waals surface area contributed by atoms with Gasteiger partial charge in [-0.25, -0.2) is 4.98 Å². The summed E-state index contributed by atoms with van der Waals surface area (Å²) in [5.41, 5.74) is 2.22. The van der Waals surface area contributed by atoms with E-state index < -0.39 is 0 Å². The average molecular weight is 371 g/mol. The van der Waals surface area contributed by atoms with Crippen LogP contribution in [0.1, 0.15) is 56.3 Å². The molecule has 1 N–H and O–H groups in total. The Hall–Kier alpha value is -2.44. The predicted octanol–water partition coefficient (Wildman–Crippen LogP) is 2.67. The number of aryl methyl sites for hydroxylation is 2. The van der Waals surface area contributed by atoms with Gasteiger partial charge >= 0.3 is 0 Å². The number of nitrogens with zero attached hydrogens (tertiary/aromatic N) is 4. The average Bonchev–Trinajstić information content (AvgIpc) is 3.14. The van der Waals surface area contributed by atoms with Crippen LogP contribution in [-0.2, 0) is 11.2 Å². The Morgan fingerprint density at radius 3 is 2.63 bits per heavy atom. The molecule has 7 heteroatoms. The second kappa shape index (κ2) is 8.06. The molecule has 0 spiro atoms. The van der Waals surface area contributed by atoms with Crippen molar-refractivity contribution in [2.75, 3.05) is 26.0 Å². The van der Waals surface area contributed by atoms with Gasteiger partial charge in [0.25, 0.3) is 5.56 Å². The van der Waals surface area contributed by atoms with Gasteiger partial charge in [-0.2, -0.15) is 4.98 Å². The first kappa shape index (κ1) is 19.3. The minimum Gasteiger partial charge on any atom is -0.354 e. The first-order chi connectivity index (χ1) is 12.9. The summed E-state index contributed by atoms with van der Waals surface area (Å²) < 4.78 is 1.87. The zero-order chi connectivity index (χ0) is 19.6. The number of aromatic nitrogens is 3. The fourth-order valence-electron chi connectivity index (χ4n) is 3.79. The first-order valence-electron chi connectivity index (χ1n) is 9.79. The van der Waals surface area contributed by atoms with E-state index in [9.17, 15) is 9.59 Å². The number of hydrogen-bond acceptors (Lipinski definition) is 5. The molecule has 7 nitrogen and oxygen atoms in total. The number of carbonyl (C=O) groups is 1.